The van der Waals surface area contributed by atoms with Crippen LogP contribution < -0.4 is 5.73 Å². The Kier molecular flexibility index (Phi) is 4.52. The average molecular weight is 261 g/mol. The van der Waals surface area contributed by atoms with Crippen molar-refractivity contribution < 1.29 is 4.39 Å². The largest absolute Gasteiger partial charge is 0.330 e. The molecule has 1 aromatic rings. The summed E-state index contributed by atoms with van der Waals surface area (Å²) in [5.41, 5.74) is 6.81. The van der Waals surface area contributed by atoms with Crippen molar-refractivity contribution in [2.75, 3.05) is 19.6 Å². The van der Waals surface area contributed by atoms with E-state index < -0.39 is 0 Å². The maximum Gasteiger partial charge on any atom is 0.129 e. The number of likely N-dealkylation sites (tertiary alicyclic amines) is 1. The highest BCUT2D eigenvalue weighted by Crippen LogP contribution is 2.24. The molecule has 102 valence electrons. The van der Waals surface area contributed by atoms with Gasteiger partial charge in [0.25, 0.3) is 0 Å². The summed E-state index contributed by atoms with van der Waals surface area (Å²) in [5.74, 6) is 0.851. The summed E-state index contributed by atoms with van der Waals surface area (Å²) in [5, 5.41) is 8.73. The molecule has 0 radical (unpaired) electrons. The van der Waals surface area contributed by atoms with Crippen molar-refractivity contribution in [2.24, 2.45) is 17.6 Å². The Hall–Kier alpha value is -1.44. The maximum atomic E-state index is 13.8. The van der Waals surface area contributed by atoms with Gasteiger partial charge in [0, 0.05) is 18.7 Å². The first-order valence-electron chi connectivity index (χ1n) is 6.75. The molecule has 0 spiro atoms. The Balaban J connectivity index is 2.04. The molecule has 1 aliphatic heterocycles. The molecule has 4 heteroatoms. The number of piperidine rings is 1. The summed E-state index contributed by atoms with van der Waals surface area (Å²) >= 11 is 0. The van der Waals surface area contributed by atoms with Crippen molar-refractivity contribution in [3.8, 4) is 6.07 Å². The van der Waals surface area contributed by atoms with Crippen molar-refractivity contribution in [3.05, 3.63) is 35.1 Å². The minimum atomic E-state index is -0.290. The van der Waals surface area contributed by atoms with Crippen LogP contribution in [0.4, 0.5) is 4.39 Å². The lowest BCUT2D eigenvalue weighted by Crippen LogP contribution is -2.42. The normalized spacial score (nSPS) is 24.1. The summed E-state index contributed by atoms with van der Waals surface area (Å²) in [6.07, 6.45) is 1.11. The molecule has 19 heavy (non-hydrogen) atoms. The van der Waals surface area contributed by atoms with Crippen molar-refractivity contribution in [1.82, 2.24) is 4.90 Å². The Bertz CT molecular complexity index is 481. The van der Waals surface area contributed by atoms with Gasteiger partial charge in [-0.2, -0.15) is 5.26 Å². The van der Waals surface area contributed by atoms with Crippen LogP contribution in [0, 0.1) is 29.0 Å². The molecule has 1 aromatic carbocycles. The molecular weight excluding hydrogens is 241 g/mol. The number of hydrogen-bond donors (Lipinski definition) is 1. The van der Waals surface area contributed by atoms with E-state index in [9.17, 15) is 4.39 Å². The monoisotopic (exact) mass is 261 g/mol. The van der Waals surface area contributed by atoms with Crippen LogP contribution in [0.25, 0.3) is 0 Å². The van der Waals surface area contributed by atoms with Crippen molar-refractivity contribution >= 4 is 0 Å². The molecule has 1 heterocycles. The molecule has 0 aromatic heterocycles. The second-order valence-corrected chi connectivity index (χ2v) is 5.41. The number of nitriles is 1. The molecule has 1 fully saturated rings. The number of halogens is 1. The van der Waals surface area contributed by atoms with Gasteiger partial charge in [-0.15, -0.1) is 0 Å². The fourth-order valence-electron chi connectivity index (χ4n) is 2.66. The second kappa shape index (κ2) is 6.14. The van der Waals surface area contributed by atoms with Crippen LogP contribution in [0.5, 0.6) is 0 Å². The zero-order valence-corrected chi connectivity index (χ0v) is 11.3. The van der Waals surface area contributed by atoms with Gasteiger partial charge in [0.1, 0.15) is 5.82 Å². The minimum Gasteiger partial charge on any atom is -0.330 e. The SMILES string of the molecule is CC1CCN(Cc2ccc(C#N)cc2F)CC1CN. The van der Waals surface area contributed by atoms with E-state index in [-0.39, 0.29) is 5.82 Å². The molecule has 2 N–H and O–H groups in total. The molecule has 1 saturated heterocycles. The lowest BCUT2D eigenvalue weighted by Gasteiger charge is -2.36. The van der Waals surface area contributed by atoms with Crippen LogP contribution in [0.1, 0.15) is 24.5 Å². The number of hydrogen-bond acceptors (Lipinski definition) is 3. The smallest absolute Gasteiger partial charge is 0.129 e. The first-order valence-corrected chi connectivity index (χ1v) is 6.75. The lowest BCUT2D eigenvalue weighted by molar-refractivity contribution is 0.125. The summed E-state index contributed by atoms with van der Waals surface area (Å²) in [4.78, 5) is 2.25. The maximum absolute atomic E-state index is 13.8. The van der Waals surface area contributed by atoms with Gasteiger partial charge in [-0.05, 0) is 43.5 Å². The quantitative estimate of drug-likeness (QED) is 0.906. The van der Waals surface area contributed by atoms with E-state index in [1.165, 1.54) is 6.07 Å². The third-order valence-electron chi connectivity index (χ3n) is 4.08. The van der Waals surface area contributed by atoms with Crippen LogP contribution in [-0.2, 0) is 6.54 Å². The van der Waals surface area contributed by atoms with Gasteiger partial charge in [0.15, 0.2) is 0 Å². The van der Waals surface area contributed by atoms with Crippen LogP contribution in [0.15, 0.2) is 18.2 Å². The van der Waals surface area contributed by atoms with Crippen LogP contribution >= 0.6 is 0 Å². The third-order valence-corrected chi connectivity index (χ3v) is 4.08. The van der Waals surface area contributed by atoms with E-state index in [2.05, 4.69) is 11.8 Å². The molecule has 0 aliphatic carbocycles. The van der Waals surface area contributed by atoms with Gasteiger partial charge in [0.2, 0.25) is 0 Å². The Morgan fingerprint density at radius 2 is 2.32 bits per heavy atom. The number of benzene rings is 1. The Labute approximate surface area is 113 Å². The molecule has 1 aliphatic rings. The average Bonchev–Trinajstić information content (AvgIpc) is 2.43. The molecule has 0 saturated carbocycles. The highest BCUT2D eigenvalue weighted by Gasteiger charge is 2.25. The van der Waals surface area contributed by atoms with Crippen LogP contribution in [0.3, 0.4) is 0 Å². The standard InChI is InChI=1S/C15H20FN3/c1-11-4-5-19(10-14(11)8-18)9-13-3-2-12(7-17)6-15(13)16/h2-3,6,11,14H,4-5,8-10,18H2,1H3. The van der Waals surface area contributed by atoms with Crippen molar-refractivity contribution in [2.45, 2.75) is 19.9 Å². The topological polar surface area (TPSA) is 53.0 Å². The Morgan fingerprint density at radius 1 is 1.53 bits per heavy atom. The molecule has 2 unspecified atom stereocenters. The summed E-state index contributed by atoms with van der Waals surface area (Å²) in [7, 11) is 0. The minimum absolute atomic E-state index is 0.290. The fourth-order valence-corrected chi connectivity index (χ4v) is 2.66. The second-order valence-electron chi connectivity index (χ2n) is 5.41. The molecular formula is C15H20FN3. The first kappa shape index (κ1) is 14.0. The van der Waals surface area contributed by atoms with E-state index in [1.54, 1.807) is 12.1 Å². The van der Waals surface area contributed by atoms with E-state index in [0.717, 1.165) is 19.5 Å². The molecule has 0 amide bonds. The predicted octanol–water partition coefficient (Wildman–Crippen LogP) is 2.11. The van der Waals surface area contributed by atoms with Gasteiger partial charge >= 0.3 is 0 Å². The van der Waals surface area contributed by atoms with E-state index >= 15 is 0 Å². The highest BCUT2D eigenvalue weighted by molar-refractivity contribution is 5.32. The van der Waals surface area contributed by atoms with Gasteiger partial charge < -0.3 is 5.73 Å². The molecule has 2 rings (SSSR count). The highest BCUT2D eigenvalue weighted by atomic mass is 19.1. The van der Waals surface area contributed by atoms with Gasteiger partial charge in [-0.3, -0.25) is 4.90 Å². The molecule has 0 bridgehead atoms. The fraction of sp³-hybridized carbons (Fsp3) is 0.533. The first-order chi connectivity index (χ1) is 9.13. The summed E-state index contributed by atoms with van der Waals surface area (Å²) < 4.78 is 13.8. The van der Waals surface area contributed by atoms with Gasteiger partial charge in [-0.25, -0.2) is 4.39 Å². The van der Waals surface area contributed by atoms with Crippen LogP contribution in [-0.4, -0.2) is 24.5 Å². The lowest BCUT2D eigenvalue weighted by atomic mass is 9.87. The summed E-state index contributed by atoms with van der Waals surface area (Å²) in [6.45, 7) is 5.43. The predicted molar refractivity (Wildman–Crippen MR) is 72.7 cm³/mol. The van der Waals surface area contributed by atoms with E-state index in [1.807, 2.05) is 6.07 Å². The number of nitrogens with two attached hydrogens (primary N) is 1. The van der Waals surface area contributed by atoms with Gasteiger partial charge in [-0.1, -0.05) is 13.0 Å². The molecule has 3 nitrogen and oxygen atoms in total. The van der Waals surface area contributed by atoms with E-state index in [4.69, 9.17) is 11.0 Å². The number of rotatable bonds is 3. The summed E-state index contributed by atoms with van der Waals surface area (Å²) in [6, 6.07) is 6.64. The zero-order chi connectivity index (χ0) is 13.8. The van der Waals surface area contributed by atoms with Crippen molar-refractivity contribution in [1.29, 1.82) is 5.26 Å². The number of nitrogens with zero attached hydrogens (tertiary/aromatic N) is 2. The van der Waals surface area contributed by atoms with E-state index in [0.29, 0.717) is 36.1 Å². The van der Waals surface area contributed by atoms with Crippen LogP contribution in [0.2, 0.25) is 0 Å². The van der Waals surface area contributed by atoms with Gasteiger partial charge in [0.05, 0.1) is 11.6 Å². The zero-order valence-electron chi connectivity index (χ0n) is 11.3. The Morgan fingerprint density at radius 3 is 2.95 bits per heavy atom. The molecule has 2 atom stereocenters. The third kappa shape index (κ3) is 3.31. The van der Waals surface area contributed by atoms with Crippen molar-refractivity contribution in [3.63, 3.8) is 0 Å².